The summed E-state index contributed by atoms with van der Waals surface area (Å²) in [5, 5.41) is 0. The molecule has 0 amide bonds. The highest BCUT2D eigenvalue weighted by molar-refractivity contribution is 5.71. The largest absolute Gasteiger partial charge is 0.462 e. The first-order valence-electron chi connectivity index (χ1n) is 33.5. The van der Waals surface area contributed by atoms with E-state index in [-0.39, 0.29) is 31.1 Å². The average Bonchev–Trinajstić information content (AvgIpc) is 3.41. The predicted octanol–water partition coefficient (Wildman–Crippen LogP) is 22.8. The van der Waals surface area contributed by atoms with Gasteiger partial charge in [0.25, 0.3) is 0 Å². The molecule has 6 nitrogen and oxygen atoms in total. The predicted molar refractivity (Wildman–Crippen MR) is 326 cm³/mol. The average molecular weight is 1050 g/mol. The maximum Gasteiger partial charge on any atom is 0.306 e. The Hall–Kier alpha value is -2.37. The van der Waals surface area contributed by atoms with Gasteiger partial charge in [-0.1, -0.05) is 333 Å². The third-order valence-electron chi connectivity index (χ3n) is 15.2. The molecule has 1 unspecified atom stereocenters. The summed E-state index contributed by atoms with van der Waals surface area (Å²) in [5.74, 6) is -0.867. The minimum absolute atomic E-state index is 0.0740. The van der Waals surface area contributed by atoms with Crippen LogP contribution in [0.1, 0.15) is 367 Å². The summed E-state index contributed by atoms with van der Waals surface area (Å²) in [6, 6.07) is 0. The fourth-order valence-electron chi connectivity index (χ4n) is 10.2. The number of esters is 3. The molecule has 0 bridgehead atoms. The summed E-state index contributed by atoms with van der Waals surface area (Å²) < 4.78 is 16.9. The van der Waals surface area contributed by atoms with Crippen LogP contribution >= 0.6 is 0 Å². The second-order valence-corrected chi connectivity index (χ2v) is 22.7. The topological polar surface area (TPSA) is 78.9 Å². The van der Waals surface area contributed by atoms with Crippen LogP contribution in [0.3, 0.4) is 0 Å². The molecular weight excluding hydrogens is 925 g/mol. The standard InChI is InChI=1S/C69H128O6/c1-4-7-10-13-16-19-22-25-27-28-29-30-31-32-33-34-35-36-37-38-39-40-42-44-47-50-53-56-59-62-68(71)74-65-66(64-73-67(70)61-58-55-52-49-46-43-24-21-18-15-12-9-6-3)75-69(72)63-60-57-54-51-48-45-41-26-23-20-17-14-11-8-5-2/h8,11,17,20,26,41,66H,4-7,9-10,12-16,18-19,21-25,27-40,42-65H2,1-3H3/b11-8-,20-17-,41-26-. The van der Waals surface area contributed by atoms with Crippen molar-refractivity contribution in [1.82, 2.24) is 0 Å². The SMILES string of the molecule is CC/C=C\C/C=C\C/C=C\CCCCCCCC(=O)OC(COC(=O)CCCCCCCCCCCCCCC)COC(=O)CCCCCCCCCCCCCCCCCCCCCCCCCCCCCCC. The van der Waals surface area contributed by atoms with Crippen LogP contribution in [0.2, 0.25) is 0 Å². The summed E-state index contributed by atoms with van der Waals surface area (Å²) >= 11 is 0. The van der Waals surface area contributed by atoms with Gasteiger partial charge in [0.15, 0.2) is 6.10 Å². The summed E-state index contributed by atoms with van der Waals surface area (Å²) in [6.07, 6.45) is 78.9. The molecule has 0 aromatic carbocycles. The molecule has 1 atom stereocenters. The van der Waals surface area contributed by atoms with Crippen LogP contribution in [0.4, 0.5) is 0 Å². The van der Waals surface area contributed by atoms with E-state index in [2.05, 4.69) is 57.2 Å². The molecule has 0 saturated heterocycles. The van der Waals surface area contributed by atoms with Gasteiger partial charge < -0.3 is 14.2 Å². The highest BCUT2D eigenvalue weighted by Crippen LogP contribution is 2.18. The molecule has 0 spiro atoms. The van der Waals surface area contributed by atoms with Crippen molar-refractivity contribution >= 4 is 17.9 Å². The first kappa shape index (κ1) is 72.6. The Kier molecular flexibility index (Phi) is 62.1. The molecule has 0 rings (SSSR count). The van der Waals surface area contributed by atoms with E-state index in [9.17, 15) is 14.4 Å². The van der Waals surface area contributed by atoms with Crippen molar-refractivity contribution in [2.24, 2.45) is 0 Å². The molecule has 6 heteroatoms. The van der Waals surface area contributed by atoms with E-state index in [1.165, 1.54) is 231 Å². The fraction of sp³-hybridized carbons (Fsp3) is 0.870. The van der Waals surface area contributed by atoms with Gasteiger partial charge in [0.2, 0.25) is 0 Å². The summed E-state index contributed by atoms with van der Waals surface area (Å²) in [6.45, 7) is 6.58. The van der Waals surface area contributed by atoms with E-state index in [0.29, 0.717) is 19.3 Å². The molecule has 0 aliphatic rings. The highest BCUT2D eigenvalue weighted by atomic mass is 16.6. The van der Waals surface area contributed by atoms with E-state index in [4.69, 9.17) is 14.2 Å². The maximum absolute atomic E-state index is 12.9. The zero-order valence-corrected chi connectivity index (χ0v) is 50.6. The van der Waals surface area contributed by atoms with E-state index in [1.54, 1.807) is 0 Å². The Morgan fingerprint density at radius 2 is 0.520 bits per heavy atom. The fourth-order valence-corrected chi connectivity index (χ4v) is 10.2. The van der Waals surface area contributed by atoms with Crippen molar-refractivity contribution in [1.29, 1.82) is 0 Å². The van der Waals surface area contributed by atoms with Crippen LogP contribution in [0.5, 0.6) is 0 Å². The normalized spacial score (nSPS) is 12.2. The monoisotopic (exact) mass is 1050 g/mol. The number of ether oxygens (including phenoxy) is 3. The molecule has 0 aromatic rings. The molecule has 0 aliphatic heterocycles. The summed E-state index contributed by atoms with van der Waals surface area (Å²) in [5.41, 5.74) is 0. The van der Waals surface area contributed by atoms with Crippen LogP contribution in [0.15, 0.2) is 36.5 Å². The van der Waals surface area contributed by atoms with Gasteiger partial charge in [0.1, 0.15) is 13.2 Å². The molecule has 75 heavy (non-hydrogen) atoms. The van der Waals surface area contributed by atoms with Crippen LogP contribution < -0.4 is 0 Å². The number of carbonyl (C=O) groups is 3. The van der Waals surface area contributed by atoms with Gasteiger partial charge in [0.05, 0.1) is 0 Å². The van der Waals surface area contributed by atoms with Crippen molar-refractivity contribution < 1.29 is 28.6 Å². The number of rotatable bonds is 62. The number of hydrogen-bond donors (Lipinski definition) is 0. The molecule has 0 N–H and O–H groups in total. The van der Waals surface area contributed by atoms with Crippen molar-refractivity contribution in [2.75, 3.05) is 13.2 Å². The first-order valence-corrected chi connectivity index (χ1v) is 33.5. The van der Waals surface area contributed by atoms with Crippen LogP contribution in [-0.2, 0) is 28.6 Å². The number of allylic oxidation sites excluding steroid dienone is 6. The van der Waals surface area contributed by atoms with Crippen molar-refractivity contribution in [3.8, 4) is 0 Å². The van der Waals surface area contributed by atoms with E-state index >= 15 is 0 Å². The van der Waals surface area contributed by atoms with Gasteiger partial charge in [-0.3, -0.25) is 14.4 Å². The van der Waals surface area contributed by atoms with Crippen LogP contribution in [0, 0.1) is 0 Å². The van der Waals surface area contributed by atoms with E-state index in [1.807, 2.05) is 0 Å². The summed E-state index contributed by atoms with van der Waals surface area (Å²) in [4.78, 5) is 38.3. The molecule has 0 heterocycles. The molecular formula is C69H128O6. The molecule has 0 saturated carbocycles. The minimum atomic E-state index is -0.778. The van der Waals surface area contributed by atoms with E-state index < -0.39 is 6.10 Å². The van der Waals surface area contributed by atoms with Crippen molar-refractivity contribution in [3.05, 3.63) is 36.5 Å². The molecule has 0 fully saturated rings. The second kappa shape index (κ2) is 64.2. The summed E-state index contributed by atoms with van der Waals surface area (Å²) in [7, 11) is 0. The van der Waals surface area contributed by atoms with E-state index in [0.717, 1.165) is 96.3 Å². The zero-order chi connectivity index (χ0) is 54.3. The zero-order valence-electron chi connectivity index (χ0n) is 50.6. The highest BCUT2D eigenvalue weighted by Gasteiger charge is 2.19. The number of carbonyl (C=O) groups excluding carboxylic acids is 3. The van der Waals surface area contributed by atoms with Gasteiger partial charge in [-0.05, 0) is 51.4 Å². The second-order valence-electron chi connectivity index (χ2n) is 22.7. The third kappa shape index (κ3) is 62.4. The van der Waals surface area contributed by atoms with Crippen molar-refractivity contribution in [3.63, 3.8) is 0 Å². The Balaban J connectivity index is 4.14. The van der Waals surface area contributed by atoms with Gasteiger partial charge in [-0.25, -0.2) is 0 Å². The van der Waals surface area contributed by atoms with Crippen LogP contribution in [-0.4, -0.2) is 37.2 Å². The van der Waals surface area contributed by atoms with Gasteiger partial charge >= 0.3 is 17.9 Å². The Morgan fingerprint density at radius 1 is 0.280 bits per heavy atom. The lowest BCUT2D eigenvalue weighted by Crippen LogP contribution is -2.30. The quantitative estimate of drug-likeness (QED) is 0.0261. The maximum atomic E-state index is 12.9. The van der Waals surface area contributed by atoms with Crippen LogP contribution in [0.25, 0.3) is 0 Å². The number of unbranched alkanes of at least 4 members (excludes halogenated alkanes) is 45. The molecule has 0 aliphatic carbocycles. The molecule has 0 radical (unpaired) electrons. The Labute approximate surface area is 467 Å². The molecule has 0 aromatic heterocycles. The van der Waals surface area contributed by atoms with Crippen molar-refractivity contribution in [2.45, 2.75) is 374 Å². The third-order valence-corrected chi connectivity index (χ3v) is 15.2. The Morgan fingerprint density at radius 3 is 0.813 bits per heavy atom. The lowest BCUT2D eigenvalue weighted by Gasteiger charge is -2.18. The van der Waals surface area contributed by atoms with Gasteiger partial charge in [-0.15, -0.1) is 0 Å². The molecule has 440 valence electrons. The smallest absolute Gasteiger partial charge is 0.306 e. The lowest BCUT2D eigenvalue weighted by atomic mass is 10.0. The van der Waals surface area contributed by atoms with Gasteiger partial charge in [0, 0.05) is 19.3 Å². The Bertz CT molecular complexity index is 1250. The first-order chi connectivity index (χ1) is 37.0. The lowest BCUT2D eigenvalue weighted by molar-refractivity contribution is -0.167. The van der Waals surface area contributed by atoms with Gasteiger partial charge in [-0.2, -0.15) is 0 Å². The minimum Gasteiger partial charge on any atom is -0.462 e. The number of hydrogen-bond acceptors (Lipinski definition) is 6.